The molecule has 1 heterocycles. The van der Waals surface area contributed by atoms with E-state index in [1.54, 1.807) is 19.2 Å². The number of nitrogens with zero attached hydrogens (tertiary/aromatic N) is 2. The van der Waals surface area contributed by atoms with Gasteiger partial charge in [-0.1, -0.05) is 41.4 Å². The number of likely N-dealkylation sites (N-methyl/N-ethyl adjacent to an activating group) is 1. The lowest BCUT2D eigenvalue weighted by Crippen LogP contribution is -2.48. The third-order valence-electron chi connectivity index (χ3n) is 6.52. The van der Waals surface area contributed by atoms with Crippen LogP contribution >= 0.6 is 35.6 Å². The highest BCUT2D eigenvalue weighted by Crippen LogP contribution is 2.41. The van der Waals surface area contributed by atoms with Crippen LogP contribution < -0.4 is 4.74 Å². The maximum absolute atomic E-state index is 13.3. The van der Waals surface area contributed by atoms with E-state index in [4.69, 9.17) is 27.9 Å². The summed E-state index contributed by atoms with van der Waals surface area (Å²) in [6, 6.07) is 12.0. The largest absolute Gasteiger partial charge is 0.496 e. The Bertz CT molecular complexity index is 931. The molecule has 31 heavy (non-hydrogen) atoms. The van der Waals surface area contributed by atoms with Gasteiger partial charge in [0, 0.05) is 13.1 Å². The van der Waals surface area contributed by atoms with Gasteiger partial charge < -0.3 is 9.64 Å². The maximum Gasteiger partial charge on any atom is 0.227 e. The van der Waals surface area contributed by atoms with Crippen molar-refractivity contribution < 1.29 is 9.53 Å². The minimum Gasteiger partial charge on any atom is -0.496 e. The standard InChI is InChI=1S/C24H28Cl2N2O2.ClH/c1-27(23(29)15-16-8-10-19(25)20(26)14-16)24-18-6-5-7-22(30-2)17(18)9-11-21(24)28-12-3-4-13-28;/h5-8,10,14,21,24H,3-4,9,11-13,15H2,1-2H3;1H/t21-,24-;/m0./s1. The molecule has 0 spiro atoms. The average molecular weight is 484 g/mol. The van der Waals surface area contributed by atoms with Gasteiger partial charge in [0.25, 0.3) is 0 Å². The second kappa shape index (κ2) is 10.4. The van der Waals surface area contributed by atoms with Crippen LogP contribution in [0.5, 0.6) is 5.75 Å². The minimum absolute atomic E-state index is 0. The topological polar surface area (TPSA) is 32.8 Å². The molecule has 0 N–H and O–H groups in total. The van der Waals surface area contributed by atoms with Gasteiger partial charge in [-0.3, -0.25) is 9.69 Å². The number of carbonyl (C=O) groups is 1. The molecule has 0 saturated carbocycles. The molecule has 1 aliphatic heterocycles. The van der Waals surface area contributed by atoms with E-state index in [9.17, 15) is 4.79 Å². The molecular weight excluding hydrogens is 455 g/mol. The lowest BCUT2D eigenvalue weighted by atomic mass is 9.81. The van der Waals surface area contributed by atoms with Gasteiger partial charge in [0.15, 0.2) is 0 Å². The van der Waals surface area contributed by atoms with E-state index >= 15 is 0 Å². The highest BCUT2D eigenvalue weighted by atomic mass is 35.5. The van der Waals surface area contributed by atoms with Crippen LogP contribution in [-0.2, 0) is 17.6 Å². The Labute approximate surface area is 200 Å². The molecular formula is C24H29Cl3N2O2. The fraction of sp³-hybridized carbons (Fsp3) is 0.458. The summed E-state index contributed by atoms with van der Waals surface area (Å²) in [5.41, 5.74) is 3.32. The molecule has 0 aromatic heterocycles. The first-order valence-corrected chi connectivity index (χ1v) is 11.3. The lowest BCUT2D eigenvalue weighted by molar-refractivity contribution is -0.133. The molecule has 1 fully saturated rings. The Balaban J connectivity index is 0.00000272. The average Bonchev–Trinajstić information content (AvgIpc) is 3.29. The van der Waals surface area contributed by atoms with Gasteiger partial charge in [-0.2, -0.15) is 0 Å². The second-order valence-electron chi connectivity index (χ2n) is 8.25. The summed E-state index contributed by atoms with van der Waals surface area (Å²) in [5, 5.41) is 0.982. The fourth-order valence-corrected chi connectivity index (χ4v) is 5.32. The number of benzene rings is 2. The van der Waals surface area contributed by atoms with Crippen molar-refractivity contribution in [3.05, 3.63) is 63.1 Å². The van der Waals surface area contributed by atoms with Gasteiger partial charge in [-0.25, -0.2) is 0 Å². The molecule has 1 amide bonds. The summed E-state index contributed by atoms with van der Waals surface area (Å²) < 4.78 is 5.64. The van der Waals surface area contributed by atoms with Gasteiger partial charge in [0.2, 0.25) is 5.91 Å². The summed E-state index contributed by atoms with van der Waals surface area (Å²) in [5.74, 6) is 1.00. The molecule has 7 heteroatoms. The first kappa shape index (κ1) is 24.2. The van der Waals surface area contributed by atoms with Crippen LogP contribution in [0.1, 0.15) is 42.0 Å². The zero-order valence-corrected chi connectivity index (χ0v) is 20.3. The number of fused-ring (bicyclic) bond motifs is 1. The van der Waals surface area contributed by atoms with Crippen molar-refractivity contribution in [1.82, 2.24) is 9.80 Å². The Kier molecular flexibility index (Phi) is 8.14. The number of hydrogen-bond donors (Lipinski definition) is 0. The molecule has 0 unspecified atom stereocenters. The van der Waals surface area contributed by atoms with Crippen LogP contribution in [0, 0.1) is 0 Å². The van der Waals surface area contributed by atoms with E-state index in [0.717, 1.165) is 37.2 Å². The first-order valence-electron chi connectivity index (χ1n) is 10.6. The van der Waals surface area contributed by atoms with E-state index in [1.807, 2.05) is 30.1 Å². The minimum atomic E-state index is 0. The highest BCUT2D eigenvalue weighted by molar-refractivity contribution is 6.42. The zero-order chi connectivity index (χ0) is 21.3. The molecule has 2 aromatic rings. The monoisotopic (exact) mass is 482 g/mol. The molecule has 4 nitrogen and oxygen atoms in total. The smallest absolute Gasteiger partial charge is 0.227 e. The van der Waals surface area contributed by atoms with Crippen molar-refractivity contribution in [2.24, 2.45) is 0 Å². The van der Waals surface area contributed by atoms with Gasteiger partial charge in [-0.05, 0) is 73.7 Å². The van der Waals surface area contributed by atoms with E-state index in [1.165, 1.54) is 24.0 Å². The Morgan fingerprint density at radius 2 is 1.90 bits per heavy atom. The Hall–Kier alpha value is -1.46. The lowest BCUT2D eigenvalue weighted by Gasteiger charge is -2.44. The summed E-state index contributed by atoms with van der Waals surface area (Å²) in [4.78, 5) is 17.8. The molecule has 0 radical (unpaired) electrons. The van der Waals surface area contributed by atoms with Crippen LogP contribution in [0.3, 0.4) is 0 Å². The fourth-order valence-electron chi connectivity index (χ4n) is 5.00. The Morgan fingerprint density at radius 1 is 1.16 bits per heavy atom. The van der Waals surface area contributed by atoms with Gasteiger partial charge in [0.1, 0.15) is 5.75 Å². The predicted octanol–water partition coefficient (Wildman–Crippen LogP) is 5.58. The quantitative estimate of drug-likeness (QED) is 0.557. The number of ether oxygens (including phenoxy) is 1. The molecule has 4 rings (SSSR count). The van der Waals surface area contributed by atoms with E-state index in [0.29, 0.717) is 22.5 Å². The SMILES string of the molecule is COc1cccc2c1CC[C@H](N1CCCC1)[C@H]2N(C)C(=O)Cc1ccc(Cl)c(Cl)c1.Cl. The summed E-state index contributed by atoms with van der Waals surface area (Å²) in [6.45, 7) is 2.21. The Morgan fingerprint density at radius 3 is 2.58 bits per heavy atom. The predicted molar refractivity (Wildman–Crippen MR) is 129 cm³/mol. The zero-order valence-electron chi connectivity index (χ0n) is 17.9. The maximum atomic E-state index is 13.3. The van der Waals surface area contributed by atoms with Gasteiger partial charge >= 0.3 is 0 Å². The van der Waals surface area contributed by atoms with Gasteiger partial charge in [0.05, 0.1) is 29.6 Å². The van der Waals surface area contributed by atoms with Crippen LogP contribution in [0.15, 0.2) is 36.4 Å². The van der Waals surface area contributed by atoms with Crippen molar-refractivity contribution in [2.75, 3.05) is 27.2 Å². The first-order chi connectivity index (χ1) is 14.5. The molecule has 168 valence electrons. The van der Waals surface area contributed by atoms with E-state index in [2.05, 4.69) is 11.0 Å². The third-order valence-corrected chi connectivity index (χ3v) is 7.26. The molecule has 2 aromatic carbocycles. The summed E-state index contributed by atoms with van der Waals surface area (Å²) >= 11 is 12.2. The molecule has 2 atom stereocenters. The molecule has 0 bridgehead atoms. The number of carbonyl (C=O) groups excluding carboxylic acids is 1. The molecule has 2 aliphatic rings. The molecule has 1 aliphatic carbocycles. The van der Waals surface area contributed by atoms with E-state index < -0.39 is 0 Å². The van der Waals surface area contributed by atoms with Crippen molar-refractivity contribution >= 4 is 41.5 Å². The number of halogens is 3. The molecule has 1 saturated heterocycles. The second-order valence-corrected chi connectivity index (χ2v) is 9.07. The number of rotatable bonds is 5. The third kappa shape index (κ3) is 4.98. The van der Waals surface area contributed by atoms with E-state index in [-0.39, 0.29) is 24.4 Å². The number of methoxy groups -OCH3 is 1. The van der Waals surface area contributed by atoms with Crippen LogP contribution in [0.2, 0.25) is 10.0 Å². The van der Waals surface area contributed by atoms with Crippen LogP contribution in [0.25, 0.3) is 0 Å². The number of likely N-dealkylation sites (tertiary alicyclic amines) is 1. The highest BCUT2D eigenvalue weighted by Gasteiger charge is 2.39. The normalized spacial score (nSPS) is 20.6. The summed E-state index contributed by atoms with van der Waals surface area (Å²) in [7, 11) is 3.65. The van der Waals surface area contributed by atoms with Gasteiger partial charge in [-0.15, -0.1) is 12.4 Å². The van der Waals surface area contributed by atoms with Crippen LogP contribution in [-0.4, -0.2) is 49.0 Å². The summed E-state index contributed by atoms with van der Waals surface area (Å²) in [6.07, 6.45) is 4.77. The van der Waals surface area contributed by atoms with Crippen molar-refractivity contribution in [3.63, 3.8) is 0 Å². The number of amides is 1. The van der Waals surface area contributed by atoms with Crippen LogP contribution in [0.4, 0.5) is 0 Å². The number of hydrogen-bond acceptors (Lipinski definition) is 3. The van der Waals surface area contributed by atoms with Crippen molar-refractivity contribution in [2.45, 2.75) is 44.2 Å². The van der Waals surface area contributed by atoms with Crippen molar-refractivity contribution in [3.8, 4) is 5.75 Å². The van der Waals surface area contributed by atoms with Crippen molar-refractivity contribution in [1.29, 1.82) is 0 Å².